The highest BCUT2D eigenvalue weighted by Crippen LogP contribution is 2.09. The zero-order valence-corrected chi connectivity index (χ0v) is 11.0. The maximum absolute atomic E-state index is 11.4. The molecule has 0 aliphatic rings. The number of rotatable bonds is 7. The van der Waals surface area contributed by atoms with Crippen molar-refractivity contribution >= 4 is 17.9 Å². The number of hydrogen-bond acceptors (Lipinski definition) is 5. The largest absolute Gasteiger partial charge is 0.481 e. The number of amides is 2. The number of carboxylic acid groups (broad SMARTS) is 1. The molecular formula is C10H18N6O3. The molecule has 1 aromatic rings. The van der Waals surface area contributed by atoms with Gasteiger partial charge in [-0.2, -0.15) is 4.80 Å². The third kappa shape index (κ3) is 6.34. The van der Waals surface area contributed by atoms with Crippen molar-refractivity contribution in [2.45, 2.75) is 26.2 Å². The Kier molecular flexibility index (Phi) is 5.71. The molecule has 3 N–H and O–H groups in total. The fraction of sp³-hybridized carbons (Fsp3) is 0.700. The van der Waals surface area contributed by atoms with E-state index in [1.165, 1.54) is 4.80 Å². The van der Waals surface area contributed by atoms with Crippen LogP contribution >= 0.6 is 0 Å². The molecule has 19 heavy (non-hydrogen) atoms. The summed E-state index contributed by atoms with van der Waals surface area (Å²) in [5, 5.41) is 24.6. The predicted molar refractivity (Wildman–Crippen MR) is 66.5 cm³/mol. The van der Waals surface area contributed by atoms with E-state index in [1.807, 2.05) is 6.92 Å². The molecule has 9 heteroatoms. The minimum absolute atomic E-state index is 0.138. The fourth-order valence-corrected chi connectivity index (χ4v) is 1.43. The van der Waals surface area contributed by atoms with E-state index in [9.17, 15) is 9.59 Å². The van der Waals surface area contributed by atoms with E-state index < -0.39 is 12.0 Å². The molecule has 0 saturated heterocycles. The number of carbonyl (C=O) groups excluding carboxylic acids is 1. The molecule has 1 rings (SSSR count). The van der Waals surface area contributed by atoms with Gasteiger partial charge in [0.1, 0.15) is 0 Å². The first-order valence-electron chi connectivity index (χ1n) is 5.98. The van der Waals surface area contributed by atoms with Gasteiger partial charge in [-0.05, 0) is 24.0 Å². The van der Waals surface area contributed by atoms with Gasteiger partial charge in [0.25, 0.3) is 5.95 Å². The zero-order valence-electron chi connectivity index (χ0n) is 11.0. The standard InChI is InChI=1S/C10H18N6O3/c1-7(3-4-8(17)18)5-6-11-10(19)12-9-13-15-16(2)14-9/h7H,3-6H2,1-2H3,(H,17,18)(H2,11,12,14,19). The van der Waals surface area contributed by atoms with Crippen molar-refractivity contribution in [3.8, 4) is 0 Å². The molecule has 2 amide bonds. The van der Waals surface area contributed by atoms with Gasteiger partial charge in [0.15, 0.2) is 0 Å². The van der Waals surface area contributed by atoms with Crippen molar-refractivity contribution in [3.05, 3.63) is 0 Å². The number of aromatic nitrogens is 4. The number of nitrogens with zero attached hydrogens (tertiary/aromatic N) is 4. The number of nitrogens with one attached hydrogen (secondary N) is 2. The summed E-state index contributed by atoms with van der Waals surface area (Å²) >= 11 is 0. The van der Waals surface area contributed by atoms with E-state index in [1.54, 1.807) is 7.05 Å². The lowest BCUT2D eigenvalue weighted by atomic mass is 10.0. The van der Waals surface area contributed by atoms with Crippen LogP contribution < -0.4 is 10.6 Å². The molecule has 1 unspecified atom stereocenters. The second kappa shape index (κ2) is 7.29. The summed E-state index contributed by atoms with van der Waals surface area (Å²) < 4.78 is 0. The smallest absolute Gasteiger partial charge is 0.321 e. The third-order valence-electron chi connectivity index (χ3n) is 2.51. The second-order valence-electron chi connectivity index (χ2n) is 4.31. The van der Waals surface area contributed by atoms with Gasteiger partial charge in [-0.25, -0.2) is 4.79 Å². The maximum atomic E-state index is 11.4. The second-order valence-corrected chi connectivity index (χ2v) is 4.31. The summed E-state index contributed by atoms with van der Waals surface area (Å²) in [6.45, 7) is 2.42. The highest BCUT2D eigenvalue weighted by atomic mass is 16.4. The number of tetrazole rings is 1. The summed E-state index contributed by atoms with van der Waals surface area (Å²) in [5.74, 6) is -0.420. The SMILES string of the molecule is CC(CCNC(=O)Nc1nnn(C)n1)CCC(=O)O. The van der Waals surface area contributed by atoms with Gasteiger partial charge in [0.05, 0.1) is 7.05 Å². The molecule has 0 radical (unpaired) electrons. The monoisotopic (exact) mass is 270 g/mol. The van der Waals surface area contributed by atoms with Crippen LogP contribution in [-0.2, 0) is 11.8 Å². The third-order valence-corrected chi connectivity index (χ3v) is 2.51. The lowest BCUT2D eigenvalue weighted by Crippen LogP contribution is -2.30. The van der Waals surface area contributed by atoms with Crippen molar-refractivity contribution in [1.82, 2.24) is 25.5 Å². The average molecular weight is 270 g/mol. The Balaban J connectivity index is 2.15. The maximum Gasteiger partial charge on any atom is 0.321 e. The molecular weight excluding hydrogens is 252 g/mol. The van der Waals surface area contributed by atoms with E-state index in [-0.39, 0.29) is 18.3 Å². The molecule has 1 atom stereocenters. The lowest BCUT2D eigenvalue weighted by Gasteiger charge is -2.10. The molecule has 1 aromatic heterocycles. The molecule has 0 aliphatic heterocycles. The molecule has 0 spiro atoms. The van der Waals surface area contributed by atoms with Crippen LogP contribution in [0.15, 0.2) is 0 Å². The minimum Gasteiger partial charge on any atom is -0.481 e. The van der Waals surface area contributed by atoms with Crippen molar-refractivity contribution in [2.75, 3.05) is 11.9 Å². The zero-order chi connectivity index (χ0) is 14.3. The first-order chi connectivity index (χ1) is 8.97. The number of hydrogen-bond donors (Lipinski definition) is 3. The summed E-state index contributed by atoms with van der Waals surface area (Å²) in [7, 11) is 1.60. The predicted octanol–water partition coefficient (Wildman–Crippen LogP) is 0.223. The van der Waals surface area contributed by atoms with Gasteiger partial charge < -0.3 is 10.4 Å². The van der Waals surface area contributed by atoms with Gasteiger partial charge in [0.2, 0.25) is 0 Å². The Morgan fingerprint density at radius 1 is 1.42 bits per heavy atom. The van der Waals surface area contributed by atoms with Crippen molar-refractivity contribution in [2.24, 2.45) is 13.0 Å². The van der Waals surface area contributed by atoms with Gasteiger partial charge in [-0.3, -0.25) is 10.1 Å². The van der Waals surface area contributed by atoms with Crippen LogP contribution in [0.5, 0.6) is 0 Å². The Morgan fingerprint density at radius 3 is 2.74 bits per heavy atom. The number of anilines is 1. The molecule has 9 nitrogen and oxygen atoms in total. The van der Waals surface area contributed by atoms with Crippen LogP contribution in [0, 0.1) is 5.92 Å². The van der Waals surface area contributed by atoms with Crippen LogP contribution in [0.4, 0.5) is 10.7 Å². The Hall–Kier alpha value is -2.19. The molecule has 0 bridgehead atoms. The van der Waals surface area contributed by atoms with Crippen LogP contribution in [0.1, 0.15) is 26.2 Å². The van der Waals surface area contributed by atoms with E-state index in [4.69, 9.17) is 5.11 Å². The molecule has 0 fully saturated rings. The summed E-state index contributed by atoms with van der Waals surface area (Å²) in [6, 6.07) is -0.404. The summed E-state index contributed by atoms with van der Waals surface area (Å²) in [6.07, 6.45) is 1.47. The quantitative estimate of drug-likeness (QED) is 0.651. The number of aliphatic carboxylic acids is 1. The van der Waals surface area contributed by atoms with Crippen LogP contribution in [-0.4, -0.2) is 43.9 Å². The van der Waals surface area contributed by atoms with Gasteiger partial charge in [-0.15, -0.1) is 5.10 Å². The average Bonchev–Trinajstić information content (AvgIpc) is 2.72. The minimum atomic E-state index is -0.800. The molecule has 1 heterocycles. The highest BCUT2D eigenvalue weighted by Gasteiger charge is 2.08. The van der Waals surface area contributed by atoms with Crippen LogP contribution in [0.3, 0.4) is 0 Å². The lowest BCUT2D eigenvalue weighted by molar-refractivity contribution is -0.137. The fourth-order valence-electron chi connectivity index (χ4n) is 1.43. The van der Waals surface area contributed by atoms with Crippen LogP contribution in [0.2, 0.25) is 0 Å². The molecule has 0 saturated carbocycles. The van der Waals surface area contributed by atoms with Gasteiger partial charge >= 0.3 is 12.0 Å². The van der Waals surface area contributed by atoms with Crippen molar-refractivity contribution < 1.29 is 14.7 Å². The van der Waals surface area contributed by atoms with E-state index in [0.717, 1.165) is 0 Å². The molecule has 0 aromatic carbocycles. The van der Waals surface area contributed by atoms with Crippen molar-refractivity contribution in [1.29, 1.82) is 0 Å². The number of urea groups is 1. The summed E-state index contributed by atoms with van der Waals surface area (Å²) in [4.78, 5) is 23.1. The topological polar surface area (TPSA) is 122 Å². The van der Waals surface area contributed by atoms with Gasteiger partial charge in [-0.1, -0.05) is 12.0 Å². The number of carbonyl (C=O) groups is 2. The first-order valence-corrected chi connectivity index (χ1v) is 5.98. The van der Waals surface area contributed by atoms with E-state index in [0.29, 0.717) is 19.4 Å². The molecule has 106 valence electrons. The van der Waals surface area contributed by atoms with Crippen LogP contribution in [0.25, 0.3) is 0 Å². The normalized spacial score (nSPS) is 11.9. The number of aryl methyl sites for hydroxylation is 1. The Bertz CT molecular complexity index is 433. The highest BCUT2D eigenvalue weighted by molar-refractivity contribution is 5.87. The molecule has 0 aliphatic carbocycles. The first kappa shape index (κ1) is 14.9. The Labute approximate surface area is 110 Å². The van der Waals surface area contributed by atoms with E-state index in [2.05, 4.69) is 26.0 Å². The van der Waals surface area contributed by atoms with Crippen molar-refractivity contribution in [3.63, 3.8) is 0 Å². The summed E-state index contributed by atoms with van der Waals surface area (Å²) in [5.41, 5.74) is 0. The Morgan fingerprint density at radius 2 is 2.16 bits per heavy atom. The number of carboxylic acids is 1. The van der Waals surface area contributed by atoms with E-state index >= 15 is 0 Å². The van der Waals surface area contributed by atoms with Gasteiger partial charge in [0, 0.05) is 13.0 Å².